The second-order valence-corrected chi connectivity index (χ2v) is 4.96. The fourth-order valence-corrected chi connectivity index (χ4v) is 1.95. The van der Waals surface area contributed by atoms with Crippen LogP contribution in [0, 0.1) is 15.9 Å². The Labute approximate surface area is 123 Å². The lowest BCUT2D eigenvalue weighted by Crippen LogP contribution is -2.33. The first-order chi connectivity index (χ1) is 9.86. The molecule has 0 aliphatic carbocycles. The molecule has 0 bridgehead atoms. The van der Waals surface area contributed by atoms with Gasteiger partial charge in [-0.25, -0.2) is 0 Å². The van der Waals surface area contributed by atoms with Gasteiger partial charge in [-0.15, -0.1) is 0 Å². The first kappa shape index (κ1) is 17.0. The van der Waals surface area contributed by atoms with Crippen molar-refractivity contribution >= 4 is 11.6 Å². The predicted octanol–water partition coefficient (Wildman–Crippen LogP) is 2.15. The van der Waals surface area contributed by atoms with E-state index in [9.17, 15) is 19.3 Å². The number of benzene rings is 1. The summed E-state index contributed by atoms with van der Waals surface area (Å²) in [5.74, 6) is -1.26. The maximum absolute atomic E-state index is 13.3. The fraction of sp³-hybridized carbons (Fsp3) is 0.500. The highest BCUT2D eigenvalue weighted by Crippen LogP contribution is 2.19. The average Bonchev–Trinajstić information content (AvgIpc) is 2.43. The first-order valence-electron chi connectivity index (χ1n) is 6.74. The Morgan fingerprint density at radius 1 is 1.33 bits per heavy atom. The number of nitro benzene ring substituents is 1. The summed E-state index contributed by atoms with van der Waals surface area (Å²) in [6.45, 7) is 3.73. The van der Waals surface area contributed by atoms with Crippen molar-refractivity contribution in [3.63, 3.8) is 0 Å². The third kappa shape index (κ3) is 4.78. The van der Waals surface area contributed by atoms with E-state index < -0.39 is 16.4 Å². The van der Waals surface area contributed by atoms with Crippen molar-refractivity contribution in [2.75, 3.05) is 33.7 Å². The van der Waals surface area contributed by atoms with E-state index in [0.717, 1.165) is 25.1 Å². The van der Waals surface area contributed by atoms with Crippen molar-refractivity contribution in [3.8, 4) is 0 Å². The third-order valence-electron chi connectivity index (χ3n) is 3.09. The van der Waals surface area contributed by atoms with Gasteiger partial charge in [-0.3, -0.25) is 14.9 Å². The maximum atomic E-state index is 13.3. The Morgan fingerprint density at radius 3 is 2.52 bits per heavy atom. The van der Waals surface area contributed by atoms with Gasteiger partial charge in [0.15, 0.2) is 0 Å². The molecule has 21 heavy (non-hydrogen) atoms. The van der Waals surface area contributed by atoms with Crippen LogP contribution >= 0.6 is 0 Å². The standard InChI is InChI=1S/C14H20FN3O3/c1-4-17(9-5-8-16(2)3)14(19)11-6-7-12(15)13(10-11)18(20)21/h6-7,10H,4-5,8-9H2,1-3H3. The zero-order valence-electron chi connectivity index (χ0n) is 12.5. The van der Waals surface area contributed by atoms with Crippen LogP contribution in [-0.4, -0.2) is 54.4 Å². The van der Waals surface area contributed by atoms with Crippen molar-refractivity contribution in [3.05, 3.63) is 39.7 Å². The Bertz CT molecular complexity index is 520. The minimum atomic E-state index is -0.938. The molecule has 0 aromatic heterocycles. The van der Waals surface area contributed by atoms with Gasteiger partial charge in [0.25, 0.3) is 5.91 Å². The van der Waals surface area contributed by atoms with Crippen LogP contribution in [0.3, 0.4) is 0 Å². The second-order valence-electron chi connectivity index (χ2n) is 4.96. The van der Waals surface area contributed by atoms with Crippen LogP contribution in [0.25, 0.3) is 0 Å². The molecule has 0 aliphatic heterocycles. The van der Waals surface area contributed by atoms with Gasteiger partial charge < -0.3 is 9.80 Å². The summed E-state index contributed by atoms with van der Waals surface area (Å²) < 4.78 is 13.3. The molecule has 0 saturated heterocycles. The Kier molecular flexibility index (Phi) is 6.23. The van der Waals surface area contributed by atoms with Gasteiger partial charge in [-0.1, -0.05) is 0 Å². The average molecular weight is 297 g/mol. The van der Waals surface area contributed by atoms with Crippen LogP contribution in [0.4, 0.5) is 10.1 Å². The summed E-state index contributed by atoms with van der Waals surface area (Å²) in [5, 5.41) is 10.7. The summed E-state index contributed by atoms with van der Waals surface area (Å²) in [5.41, 5.74) is -0.542. The van der Waals surface area contributed by atoms with Gasteiger partial charge >= 0.3 is 5.69 Å². The van der Waals surface area contributed by atoms with Crippen LogP contribution in [0.1, 0.15) is 23.7 Å². The zero-order chi connectivity index (χ0) is 16.0. The molecule has 1 amide bonds. The molecular weight excluding hydrogens is 277 g/mol. The molecule has 0 fully saturated rings. The lowest BCUT2D eigenvalue weighted by molar-refractivity contribution is -0.387. The monoisotopic (exact) mass is 297 g/mol. The Balaban J connectivity index is 2.85. The van der Waals surface area contributed by atoms with Crippen molar-refractivity contribution in [2.45, 2.75) is 13.3 Å². The van der Waals surface area contributed by atoms with Gasteiger partial charge in [0.1, 0.15) is 0 Å². The zero-order valence-corrected chi connectivity index (χ0v) is 12.5. The highest BCUT2D eigenvalue weighted by molar-refractivity contribution is 5.94. The summed E-state index contributed by atoms with van der Waals surface area (Å²) in [4.78, 5) is 25.8. The molecule has 1 aromatic rings. The van der Waals surface area contributed by atoms with Crippen LogP contribution in [0.5, 0.6) is 0 Å². The van der Waals surface area contributed by atoms with Crippen molar-refractivity contribution in [1.29, 1.82) is 0 Å². The Morgan fingerprint density at radius 2 is 2.00 bits per heavy atom. The maximum Gasteiger partial charge on any atom is 0.305 e. The number of amides is 1. The molecule has 0 saturated carbocycles. The first-order valence-corrected chi connectivity index (χ1v) is 6.74. The largest absolute Gasteiger partial charge is 0.339 e. The molecule has 1 rings (SSSR count). The van der Waals surface area contributed by atoms with Crippen LogP contribution in [-0.2, 0) is 0 Å². The van der Waals surface area contributed by atoms with Gasteiger partial charge in [0.2, 0.25) is 5.82 Å². The van der Waals surface area contributed by atoms with E-state index in [2.05, 4.69) is 0 Å². The molecule has 0 atom stereocenters. The number of nitrogens with zero attached hydrogens (tertiary/aromatic N) is 3. The predicted molar refractivity (Wildman–Crippen MR) is 77.8 cm³/mol. The Hall–Kier alpha value is -2.02. The molecule has 7 heteroatoms. The van der Waals surface area contributed by atoms with Gasteiger partial charge in [-0.05, 0) is 46.1 Å². The summed E-state index contributed by atoms with van der Waals surface area (Å²) in [6.07, 6.45) is 0.801. The molecule has 0 heterocycles. The number of nitro groups is 1. The normalized spacial score (nSPS) is 10.7. The molecule has 0 N–H and O–H groups in total. The van der Waals surface area contributed by atoms with Crippen LogP contribution < -0.4 is 0 Å². The number of hydrogen-bond donors (Lipinski definition) is 0. The van der Waals surface area contributed by atoms with Gasteiger partial charge in [0, 0.05) is 24.7 Å². The van der Waals surface area contributed by atoms with E-state index in [-0.39, 0.29) is 11.5 Å². The topological polar surface area (TPSA) is 66.7 Å². The number of carbonyl (C=O) groups is 1. The van der Waals surface area contributed by atoms with Crippen LogP contribution in [0.2, 0.25) is 0 Å². The van der Waals surface area contributed by atoms with Crippen molar-refractivity contribution < 1.29 is 14.1 Å². The van der Waals surface area contributed by atoms with Crippen molar-refractivity contribution in [2.24, 2.45) is 0 Å². The summed E-state index contributed by atoms with van der Waals surface area (Å²) in [6, 6.07) is 3.23. The van der Waals surface area contributed by atoms with Gasteiger partial charge in [0.05, 0.1) is 4.92 Å². The van der Waals surface area contributed by atoms with Gasteiger partial charge in [-0.2, -0.15) is 4.39 Å². The molecular formula is C14H20FN3O3. The second kappa shape index (κ2) is 7.68. The van der Waals surface area contributed by atoms with E-state index in [1.165, 1.54) is 6.07 Å². The quantitative estimate of drug-likeness (QED) is 0.571. The SMILES string of the molecule is CCN(CCCN(C)C)C(=O)c1ccc(F)c([N+](=O)[O-])c1. The summed E-state index contributed by atoms with van der Waals surface area (Å²) >= 11 is 0. The molecule has 0 unspecified atom stereocenters. The smallest absolute Gasteiger partial charge is 0.305 e. The molecule has 6 nitrogen and oxygen atoms in total. The lowest BCUT2D eigenvalue weighted by Gasteiger charge is -2.22. The highest BCUT2D eigenvalue weighted by Gasteiger charge is 2.20. The molecule has 116 valence electrons. The minimum absolute atomic E-state index is 0.134. The van der Waals surface area contributed by atoms with E-state index in [0.29, 0.717) is 13.1 Å². The molecule has 1 aromatic carbocycles. The summed E-state index contributed by atoms with van der Waals surface area (Å²) in [7, 11) is 3.89. The van der Waals surface area contributed by atoms with E-state index in [1.807, 2.05) is 25.9 Å². The fourth-order valence-electron chi connectivity index (χ4n) is 1.95. The minimum Gasteiger partial charge on any atom is -0.339 e. The number of carbonyl (C=O) groups excluding carboxylic acids is 1. The number of hydrogen-bond acceptors (Lipinski definition) is 4. The number of halogens is 1. The van der Waals surface area contributed by atoms with E-state index in [4.69, 9.17) is 0 Å². The molecule has 0 spiro atoms. The third-order valence-corrected chi connectivity index (χ3v) is 3.09. The van der Waals surface area contributed by atoms with E-state index >= 15 is 0 Å². The van der Waals surface area contributed by atoms with Crippen LogP contribution in [0.15, 0.2) is 18.2 Å². The molecule has 0 aliphatic rings. The van der Waals surface area contributed by atoms with E-state index in [1.54, 1.807) is 4.90 Å². The number of rotatable bonds is 7. The molecule has 0 radical (unpaired) electrons. The van der Waals surface area contributed by atoms with Crippen molar-refractivity contribution in [1.82, 2.24) is 9.80 Å². The lowest BCUT2D eigenvalue weighted by atomic mass is 10.1. The highest BCUT2D eigenvalue weighted by atomic mass is 19.1.